The van der Waals surface area contributed by atoms with Gasteiger partial charge in [0, 0.05) is 29.7 Å². The van der Waals surface area contributed by atoms with E-state index in [9.17, 15) is 14.7 Å². The second-order valence-electron chi connectivity index (χ2n) is 10.7. The van der Waals surface area contributed by atoms with Crippen LogP contribution < -0.4 is 20.7 Å². The highest BCUT2D eigenvalue weighted by Crippen LogP contribution is 2.30. The second-order valence-corrected chi connectivity index (χ2v) is 11.2. The number of carbonyl (C=O) groups excluding carboxylic acids is 1. The highest BCUT2D eigenvalue weighted by molar-refractivity contribution is 6.30. The number of amides is 2. The lowest BCUT2D eigenvalue weighted by Crippen LogP contribution is -2.47. The normalized spacial score (nSPS) is 17.0. The quantitative estimate of drug-likeness (QED) is 0.153. The van der Waals surface area contributed by atoms with E-state index in [4.69, 9.17) is 21.1 Å². The van der Waals surface area contributed by atoms with E-state index in [2.05, 4.69) is 16.0 Å². The van der Waals surface area contributed by atoms with Gasteiger partial charge >= 0.3 is 6.09 Å². The predicted molar refractivity (Wildman–Crippen MR) is 172 cm³/mol. The summed E-state index contributed by atoms with van der Waals surface area (Å²) >= 11 is 5.96. The fraction of sp³-hybridized carbons (Fsp3) is 0.257. The molecule has 9 heteroatoms. The summed E-state index contributed by atoms with van der Waals surface area (Å²) in [7, 11) is 0. The summed E-state index contributed by atoms with van der Waals surface area (Å²) in [5.41, 5.74) is 3.24. The summed E-state index contributed by atoms with van der Waals surface area (Å²) in [6.45, 7) is 1.82. The van der Waals surface area contributed by atoms with Crippen LogP contribution in [-0.2, 0) is 16.0 Å². The monoisotopic (exact) mass is 613 g/mol. The van der Waals surface area contributed by atoms with Gasteiger partial charge in [0.1, 0.15) is 24.5 Å². The van der Waals surface area contributed by atoms with Crippen molar-refractivity contribution in [3.8, 4) is 5.75 Å². The molecular formula is C35H36ClN3O5. The Kier molecular flexibility index (Phi) is 10.9. The average Bonchev–Trinajstić information content (AvgIpc) is 3.05. The fourth-order valence-electron chi connectivity index (χ4n) is 5.48. The average molecular weight is 614 g/mol. The lowest BCUT2D eigenvalue weighted by atomic mass is 9.84. The number of morpholine rings is 1. The van der Waals surface area contributed by atoms with E-state index in [1.807, 2.05) is 97.1 Å². The number of hydrogen-bond donors (Lipinski definition) is 4. The van der Waals surface area contributed by atoms with Crippen LogP contribution in [-0.4, -0.2) is 55.1 Å². The van der Waals surface area contributed by atoms with Crippen LogP contribution in [0.5, 0.6) is 5.75 Å². The number of ether oxygens (including phenoxy) is 2. The molecule has 0 aliphatic carbocycles. The van der Waals surface area contributed by atoms with Crippen LogP contribution >= 0.6 is 11.6 Å². The van der Waals surface area contributed by atoms with Crippen LogP contribution in [0.2, 0.25) is 5.02 Å². The first-order chi connectivity index (χ1) is 21.5. The topological polar surface area (TPSA) is 109 Å². The summed E-state index contributed by atoms with van der Waals surface area (Å²) in [5.74, 6) is -0.232. The fourth-order valence-corrected chi connectivity index (χ4v) is 5.61. The third-order valence-electron chi connectivity index (χ3n) is 7.60. The Hall–Kier alpha value is -4.37. The molecule has 0 bridgehead atoms. The molecule has 228 valence electrons. The Bertz CT molecular complexity index is 1460. The van der Waals surface area contributed by atoms with Gasteiger partial charge in [-0.1, -0.05) is 90.5 Å². The standard InChI is InChI=1S/C35H36ClN3O5/c36-27-16-19-28(20-17-27)43-23-30-22-37-21-29(44-30)18-15-24-9-7-8-14-31(24)38-34(40)33(39-35(41)42)32(25-10-3-1-4-11-25)26-12-5-2-6-13-26/h1-14,16-17,19-20,29-30,32-33,37,39H,15,18,21-23H2,(H,38,40)(H,41,42)/t29?,30-,33-/m0/s1. The molecule has 44 heavy (non-hydrogen) atoms. The maximum absolute atomic E-state index is 13.9. The zero-order valence-electron chi connectivity index (χ0n) is 24.2. The molecule has 1 fully saturated rings. The van der Waals surface area contributed by atoms with E-state index in [1.54, 1.807) is 12.1 Å². The first-order valence-corrected chi connectivity index (χ1v) is 15.1. The minimum Gasteiger partial charge on any atom is -0.491 e. The molecule has 1 unspecified atom stereocenters. The largest absolute Gasteiger partial charge is 0.491 e. The van der Waals surface area contributed by atoms with Gasteiger partial charge in [-0.15, -0.1) is 0 Å². The summed E-state index contributed by atoms with van der Waals surface area (Å²) in [6, 6.07) is 32.7. The van der Waals surface area contributed by atoms with Crippen molar-refractivity contribution in [1.82, 2.24) is 10.6 Å². The van der Waals surface area contributed by atoms with Gasteiger partial charge < -0.3 is 30.5 Å². The number of para-hydroxylation sites is 1. The van der Waals surface area contributed by atoms with Crippen LogP contribution in [0.25, 0.3) is 0 Å². The number of hydrogen-bond acceptors (Lipinski definition) is 5. The van der Waals surface area contributed by atoms with E-state index in [0.717, 1.165) is 28.9 Å². The van der Waals surface area contributed by atoms with Gasteiger partial charge in [0.15, 0.2) is 0 Å². The van der Waals surface area contributed by atoms with Gasteiger partial charge in [-0.05, 0) is 59.9 Å². The highest BCUT2D eigenvalue weighted by atomic mass is 35.5. The van der Waals surface area contributed by atoms with Crippen molar-refractivity contribution in [2.45, 2.75) is 37.0 Å². The van der Waals surface area contributed by atoms with Gasteiger partial charge in [0.25, 0.3) is 0 Å². The number of benzene rings is 4. The molecule has 8 nitrogen and oxygen atoms in total. The maximum Gasteiger partial charge on any atom is 0.405 e. The van der Waals surface area contributed by atoms with Crippen LogP contribution in [0.3, 0.4) is 0 Å². The van der Waals surface area contributed by atoms with E-state index < -0.39 is 24.0 Å². The molecule has 1 saturated heterocycles. The lowest BCUT2D eigenvalue weighted by Gasteiger charge is -2.31. The van der Waals surface area contributed by atoms with Crippen LogP contribution in [0.1, 0.15) is 29.0 Å². The molecule has 0 aromatic heterocycles. The van der Waals surface area contributed by atoms with Crippen LogP contribution in [0.4, 0.5) is 10.5 Å². The minimum atomic E-state index is -1.27. The summed E-state index contributed by atoms with van der Waals surface area (Å²) in [5, 5.41) is 19.3. The van der Waals surface area contributed by atoms with Gasteiger partial charge in [0.2, 0.25) is 5.91 Å². The Balaban J connectivity index is 1.26. The maximum atomic E-state index is 13.9. The Labute approximate surface area is 262 Å². The van der Waals surface area contributed by atoms with Crippen molar-refractivity contribution in [3.63, 3.8) is 0 Å². The lowest BCUT2D eigenvalue weighted by molar-refractivity contribution is -0.118. The molecule has 1 aliphatic heterocycles. The molecule has 3 atom stereocenters. The summed E-state index contributed by atoms with van der Waals surface area (Å²) < 4.78 is 12.2. The molecular weight excluding hydrogens is 578 g/mol. The van der Waals surface area contributed by atoms with Crippen LogP contribution in [0, 0.1) is 0 Å². The van der Waals surface area contributed by atoms with Crippen molar-refractivity contribution in [3.05, 3.63) is 131 Å². The summed E-state index contributed by atoms with van der Waals surface area (Å²) in [4.78, 5) is 25.8. The van der Waals surface area contributed by atoms with E-state index in [0.29, 0.717) is 36.8 Å². The number of carbonyl (C=O) groups is 2. The number of halogens is 1. The molecule has 4 aromatic rings. The number of rotatable bonds is 12. The highest BCUT2D eigenvalue weighted by Gasteiger charge is 2.33. The van der Waals surface area contributed by atoms with Crippen molar-refractivity contribution in [1.29, 1.82) is 0 Å². The molecule has 2 amide bonds. The summed E-state index contributed by atoms with van der Waals surface area (Å²) in [6.07, 6.45) is -0.0221. The molecule has 1 heterocycles. The second kappa shape index (κ2) is 15.4. The third kappa shape index (κ3) is 8.60. The van der Waals surface area contributed by atoms with E-state index >= 15 is 0 Å². The van der Waals surface area contributed by atoms with E-state index in [-0.39, 0.29) is 12.2 Å². The van der Waals surface area contributed by atoms with E-state index in [1.165, 1.54) is 0 Å². The predicted octanol–water partition coefficient (Wildman–Crippen LogP) is 6.12. The van der Waals surface area contributed by atoms with Crippen molar-refractivity contribution in [2.75, 3.05) is 25.0 Å². The molecule has 0 radical (unpaired) electrons. The SMILES string of the molecule is O=C(O)N[C@H](C(=O)Nc1ccccc1CCC1CNC[C@@H](COc2ccc(Cl)cc2)O1)C(c1ccccc1)c1ccccc1. The zero-order valence-corrected chi connectivity index (χ0v) is 25.0. The zero-order chi connectivity index (χ0) is 30.7. The van der Waals surface area contributed by atoms with Gasteiger partial charge in [-0.3, -0.25) is 4.79 Å². The minimum absolute atomic E-state index is 0.0340. The van der Waals surface area contributed by atoms with Crippen LogP contribution in [0.15, 0.2) is 109 Å². The molecule has 0 saturated carbocycles. The number of carboxylic acid groups (broad SMARTS) is 1. The first-order valence-electron chi connectivity index (χ1n) is 14.7. The molecule has 4 N–H and O–H groups in total. The third-order valence-corrected chi connectivity index (χ3v) is 7.85. The number of aryl methyl sites for hydroxylation is 1. The van der Waals surface area contributed by atoms with Crippen molar-refractivity contribution in [2.24, 2.45) is 0 Å². The number of anilines is 1. The smallest absolute Gasteiger partial charge is 0.405 e. The molecule has 5 rings (SSSR count). The molecule has 4 aromatic carbocycles. The number of nitrogens with one attached hydrogen (secondary N) is 3. The molecule has 0 spiro atoms. The Morgan fingerprint density at radius 3 is 2.14 bits per heavy atom. The Morgan fingerprint density at radius 2 is 1.48 bits per heavy atom. The first kappa shape index (κ1) is 31.1. The van der Waals surface area contributed by atoms with Crippen molar-refractivity contribution < 1.29 is 24.2 Å². The van der Waals surface area contributed by atoms with Gasteiger partial charge in [0.05, 0.1) is 6.10 Å². The molecule has 1 aliphatic rings. The van der Waals surface area contributed by atoms with Crippen molar-refractivity contribution >= 4 is 29.3 Å². The van der Waals surface area contributed by atoms with Gasteiger partial charge in [-0.25, -0.2) is 4.79 Å². The Morgan fingerprint density at radius 1 is 0.864 bits per heavy atom. The van der Waals surface area contributed by atoms with Gasteiger partial charge in [-0.2, -0.15) is 0 Å².